The van der Waals surface area contributed by atoms with Gasteiger partial charge in [-0.15, -0.1) is 5.10 Å². The van der Waals surface area contributed by atoms with Crippen molar-refractivity contribution in [2.24, 2.45) is 0 Å². The molecule has 0 radical (unpaired) electrons. The quantitative estimate of drug-likeness (QED) is 0.284. The van der Waals surface area contributed by atoms with Crippen LogP contribution in [0.3, 0.4) is 0 Å². The molecular weight excluding hydrogens is 481 g/mol. The van der Waals surface area contributed by atoms with E-state index in [1.807, 2.05) is 78.8 Å². The highest BCUT2D eigenvalue weighted by Gasteiger charge is 2.18. The molecule has 8 nitrogen and oxygen atoms in total. The van der Waals surface area contributed by atoms with E-state index in [1.165, 1.54) is 12.1 Å². The van der Waals surface area contributed by atoms with Crippen LogP contribution >= 0.6 is 0 Å². The summed E-state index contributed by atoms with van der Waals surface area (Å²) in [7, 11) is 1.63. The van der Waals surface area contributed by atoms with Crippen LogP contribution in [0.1, 0.15) is 29.9 Å². The summed E-state index contributed by atoms with van der Waals surface area (Å²) in [6.45, 7) is 6.08. The van der Waals surface area contributed by atoms with E-state index in [0.717, 1.165) is 39.5 Å². The molecule has 6 rings (SSSR count). The second-order valence-electron chi connectivity index (χ2n) is 9.24. The average molecular weight is 508 g/mol. The molecule has 0 aliphatic heterocycles. The predicted octanol–water partition coefficient (Wildman–Crippen LogP) is 5.82. The summed E-state index contributed by atoms with van der Waals surface area (Å²) in [4.78, 5) is 9.72. The molecule has 38 heavy (non-hydrogen) atoms. The molecule has 0 bridgehead atoms. The molecule has 0 saturated heterocycles. The molecule has 0 aliphatic rings. The summed E-state index contributed by atoms with van der Waals surface area (Å²) in [5, 5.41) is 9.21. The SMILES string of the molecule is COc1c(-c2cccc(-c3cnn(C(C)c4ccc(F)cc4)c3)n2)ccn2nc(-n3c(C)ccc3C)nc12. The predicted molar refractivity (Wildman–Crippen MR) is 143 cm³/mol. The van der Waals surface area contributed by atoms with Crippen LogP contribution in [0.25, 0.3) is 34.1 Å². The number of hydrogen-bond donors (Lipinski definition) is 0. The molecule has 1 aromatic carbocycles. The lowest BCUT2D eigenvalue weighted by Crippen LogP contribution is -2.06. The maximum Gasteiger partial charge on any atom is 0.254 e. The van der Waals surface area contributed by atoms with Gasteiger partial charge in [0.2, 0.25) is 0 Å². The fourth-order valence-corrected chi connectivity index (χ4v) is 4.72. The first kappa shape index (κ1) is 23.6. The van der Waals surface area contributed by atoms with Gasteiger partial charge in [0.15, 0.2) is 11.4 Å². The lowest BCUT2D eigenvalue weighted by Gasteiger charge is -2.12. The lowest BCUT2D eigenvalue weighted by molar-refractivity contribution is 0.418. The minimum atomic E-state index is -0.256. The molecule has 5 aromatic heterocycles. The Morgan fingerprint density at radius 2 is 1.63 bits per heavy atom. The number of halogens is 1. The molecule has 0 fully saturated rings. The van der Waals surface area contributed by atoms with E-state index in [4.69, 9.17) is 14.7 Å². The third kappa shape index (κ3) is 4.02. The number of benzene rings is 1. The summed E-state index contributed by atoms with van der Waals surface area (Å²) in [6.07, 6.45) is 5.61. The van der Waals surface area contributed by atoms with Crippen LogP contribution in [-0.2, 0) is 0 Å². The summed E-state index contributed by atoms with van der Waals surface area (Å²) < 4.78 is 24.8. The summed E-state index contributed by atoms with van der Waals surface area (Å²) in [5.74, 6) is 0.929. The maximum absolute atomic E-state index is 13.3. The molecule has 0 saturated carbocycles. The van der Waals surface area contributed by atoms with E-state index in [0.29, 0.717) is 17.3 Å². The van der Waals surface area contributed by atoms with Gasteiger partial charge in [-0.3, -0.25) is 9.25 Å². The van der Waals surface area contributed by atoms with Gasteiger partial charge in [-0.25, -0.2) is 13.9 Å². The highest BCUT2D eigenvalue weighted by atomic mass is 19.1. The van der Waals surface area contributed by atoms with Crippen molar-refractivity contribution in [3.8, 4) is 34.2 Å². The van der Waals surface area contributed by atoms with Crippen molar-refractivity contribution in [1.82, 2.24) is 33.9 Å². The Morgan fingerprint density at radius 3 is 2.37 bits per heavy atom. The van der Waals surface area contributed by atoms with Gasteiger partial charge in [0.05, 0.1) is 30.7 Å². The van der Waals surface area contributed by atoms with Crippen LogP contribution in [-0.4, -0.2) is 41.0 Å². The second kappa shape index (κ2) is 9.26. The van der Waals surface area contributed by atoms with Crippen molar-refractivity contribution in [1.29, 1.82) is 0 Å². The first-order valence-corrected chi connectivity index (χ1v) is 12.3. The van der Waals surface area contributed by atoms with Crippen molar-refractivity contribution in [3.05, 3.63) is 102 Å². The second-order valence-corrected chi connectivity index (χ2v) is 9.24. The van der Waals surface area contributed by atoms with Crippen LogP contribution in [0.15, 0.2) is 79.3 Å². The van der Waals surface area contributed by atoms with Crippen LogP contribution in [0.2, 0.25) is 0 Å². The number of ether oxygens (including phenoxy) is 1. The molecule has 0 amide bonds. The average Bonchev–Trinajstić information content (AvgIpc) is 3.66. The zero-order valence-electron chi connectivity index (χ0n) is 21.5. The Kier molecular flexibility index (Phi) is 5.75. The van der Waals surface area contributed by atoms with Gasteiger partial charge < -0.3 is 4.74 Å². The van der Waals surface area contributed by atoms with Crippen LogP contribution < -0.4 is 4.74 Å². The van der Waals surface area contributed by atoms with Gasteiger partial charge >= 0.3 is 0 Å². The third-order valence-electron chi connectivity index (χ3n) is 6.80. The number of rotatable bonds is 6. The third-order valence-corrected chi connectivity index (χ3v) is 6.80. The molecular formula is C29H26FN7O. The van der Waals surface area contributed by atoms with Gasteiger partial charge in [-0.05, 0) is 68.8 Å². The first-order chi connectivity index (χ1) is 18.4. The lowest BCUT2D eigenvalue weighted by atomic mass is 10.1. The van der Waals surface area contributed by atoms with E-state index in [2.05, 4.69) is 10.2 Å². The number of hydrogen-bond acceptors (Lipinski definition) is 5. The van der Waals surface area contributed by atoms with E-state index >= 15 is 0 Å². The minimum Gasteiger partial charge on any atom is -0.492 e. The van der Waals surface area contributed by atoms with Gasteiger partial charge in [0.25, 0.3) is 5.95 Å². The van der Waals surface area contributed by atoms with Crippen LogP contribution in [0, 0.1) is 19.7 Å². The fourth-order valence-electron chi connectivity index (χ4n) is 4.72. The maximum atomic E-state index is 13.3. The van der Waals surface area contributed by atoms with E-state index in [1.54, 1.807) is 30.0 Å². The van der Waals surface area contributed by atoms with Crippen molar-refractivity contribution in [2.45, 2.75) is 26.8 Å². The van der Waals surface area contributed by atoms with Crippen molar-refractivity contribution in [3.63, 3.8) is 0 Å². The zero-order chi connectivity index (χ0) is 26.4. The van der Waals surface area contributed by atoms with Crippen LogP contribution in [0.5, 0.6) is 5.75 Å². The molecule has 0 spiro atoms. The Bertz CT molecular complexity index is 1740. The Hall–Kier alpha value is -4.79. The molecule has 0 aliphatic carbocycles. The van der Waals surface area contributed by atoms with Gasteiger partial charge in [0.1, 0.15) is 5.82 Å². The Labute approximate surface area is 219 Å². The molecule has 1 unspecified atom stereocenters. The number of fused-ring (bicyclic) bond motifs is 1. The number of pyridine rings is 2. The Balaban J connectivity index is 1.36. The monoisotopic (exact) mass is 507 g/mol. The van der Waals surface area contributed by atoms with Gasteiger partial charge in [0, 0.05) is 34.9 Å². The smallest absolute Gasteiger partial charge is 0.254 e. The largest absolute Gasteiger partial charge is 0.492 e. The summed E-state index contributed by atoms with van der Waals surface area (Å²) in [6, 6.07) is 18.3. The Morgan fingerprint density at radius 1 is 0.895 bits per heavy atom. The minimum absolute atomic E-state index is 0.0512. The molecule has 1 atom stereocenters. The molecule has 5 heterocycles. The molecule has 6 aromatic rings. The van der Waals surface area contributed by atoms with Crippen molar-refractivity contribution >= 4 is 5.65 Å². The zero-order valence-corrected chi connectivity index (χ0v) is 21.5. The summed E-state index contributed by atoms with van der Waals surface area (Å²) in [5.41, 5.74) is 6.92. The highest BCUT2D eigenvalue weighted by molar-refractivity contribution is 5.77. The normalized spacial score (nSPS) is 12.2. The number of methoxy groups -OCH3 is 1. The molecule has 9 heteroatoms. The first-order valence-electron chi connectivity index (χ1n) is 12.3. The van der Waals surface area contributed by atoms with E-state index < -0.39 is 0 Å². The molecule has 0 N–H and O–H groups in total. The number of aryl methyl sites for hydroxylation is 2. The molecule has 190 valence electrons. The van der Waals surface area contributed by atoms with Gasteiger partial charge in [-0.1, -0.05) is 18.2 Å². The topological polar surface area (TPSA) is 75.1 Å². The number of aromatic nitrogens is 7. The fraction of sp³-hybridized carbons (Fsp3) is 0.172. The van der Waals surface area contributed by atoms with Gasteiger partial charge in [-0.2, -0.15) is 10.1 Å². The van der Waals surface area contributed by atoms with E-state index in [-0.39, 0.29) is 11.9 Å². The summed E-state index contributed by atoms with van der Waals surface area (Å²) >= 11 is 0. The standard InChI is InChI=1S/C29H26FN7O/c1-18-8-9-19(2)37(18)29-33-28-27(38-4)24(14-15-35(28)34-29)26-7-5-6-25(32-26)22-16-31-36(17-22)20(3)21-10-12-23(30)13-11-21/h5-17,20H,1-4H3. The van der Waals surface area contributed by atoms with E-state index in [9.17, 15) is 4.39 Å². The number of nitrogens with zero attached hydrogens (tertiary/aromatic N) is 7. The van der Waals surface area contributed by atoms with Crippen molar-refractivity contribution in [2.75, 3.05) is 7.11 Å². The van der Waals surface area contributed by atoms with Crippen molar-refractivity contribution < 1.29 is 9.13 Å². The van der Waals surface area contributed by atoms with Crippen LogP contribution in [0.4, 0.5) is 4.39 Å². The highest BCUT2D eigenvalue weighted by Crippen LogP contribution is 2.33.